The summed E-state index contributed by atoms with van der Waals surface area (Å²) in [5, 5.41) is 2.35. The van der Waals surface area contributed by atoms with Gasteiger partial charge in [-0.3, -0.25) is 0 Å². The highest BCUT2D eigenvalue weighted by atomic mass is 79.9. The monoisotopic (exact) mass is 440 g/mol. The summed E-state index contributed by atoms with van der Waals surface area (Å²) in [7, 11) is 0. The molecule has 1 heterocycles. The van der Waals surface area contributed by atoms with Gasteiger partial charge in [0.25, 0.3) is 0 Å². The number of hydrogen-bond acceptors (Lipinski definition) is 3. The van der Waals surface area contributed by atoms with Crippen LogP contribution in [0.1, 0.15) is 58.3 Å². The maximum Gasteiger partial charge on any atom is 0.159 e. The molecular formula is C24H29BrN2O. The zero-order valence-corrected chi connectivity index (χ0v) is 18.2. The van der Waals surface area contributed by atoms with Crippen molar-refractivity contribution in [2.45, 2.75) is 58.3 Å². The molecule has 0 saturated carbocycles. The molecule has 148 valence electrons. The van der Waals surface area contributed by atoms with E-state index in [0.717, 1.165) is 34.6 Å². The predicted octanol–water partition coefficient (Wildman–Crippen LogP) is 7.58. The average Bonchev–Trinajstić information content (AvgIpc) is 2.72. The molecule has 0 aliphatic rings. The average molecular weight is 441 g/mol. The zero-order chi connectivity index (χ0) is 19.6. The van der Waals surface area contributed by atoms with Crippen LogP contribution in [0.25, 0.3) is 22.2 Å². The van der Waals surface area contributed by atoms with Gasteiger partial charge in [0.1, 0.15) is 5.75 Å². The minimum Gasteiger partial charge on any atom is -0.494 e. The second-order valence-electron chi connectivity index (χ2n) is 7.27. The molecule has 0 fully saturated rings. The van der Waals surface area contributed by atoms with Crippen LogP contribution in [0, 0.1) is 0 Å². The molecule has 0 N–H and O–H groups in total. The van der Waals surface area contributed by atoms with Gasteiger partial charge in [0.2, 0.25) is 0 Å². The van der Waals surface area contributed by atoms with Crippen LogP contribution in [0.15, 0.2) is 53.3 Å². The third kappa shape index (κ3) is 6.30. The molecule has 1 aromatic heterocycles. The summed E-state index contributed by atoms with van der Waals surface area (Å²) in [6.45, 7) is 3.06. The second-order valence-corrected chi connectivity index (χ2v) is 8.19. The number of nitrogens with zero attached hydrogens (tertiary/aromatic N) is 2. The maximum atomic E-state index is 5.96. The largest absolute Gasteiger partial charge is 0.494 e. The SMILES string of the molecule is CCCCCCCCCCOc1ccc2cc(-c3ncc(Br)cn3)ccc2c1. The molecular weight excluding hydrogens is 412 g/mol. The van der Waals surface area contributed by atoms with Crippen LogP contribution in [0.2, 0.25) is 0 Å². The van der Waals surface area contributed by atoms with Gasteiger partial charge in [-0.25, -0.2) is 9.97 Å². The van der Waals surface area contributed by atoms with E-state index in [0.29, 0.717) is 0 Å². The number of rotatable bonds is 11. The molecule has 0 bridgehead atoms. The summed E-state index contributed by atoms with van der Waals surface area (Å²) >= 11 is 3.37. The Labute approximate surface area is 176 Å². The standard InChI is InChI=1S/C24H29BrN2O/c1-2-3-4-5-6-7-8-9-14-28-23-13-12-19-15-21(11-10-20(19)16-23)24-26-17-22(25)18-27-24/h10-13,15-18H,2-9,14H2,1H3. The van der Waals surface area contributed by atoms with Gasteiger partial charge in [-0.2, -0.15) is 0 Å². The third-order valence-electron chi connectivity index (χ3n) is 4.96. The van der Waals surface area contributed by atoms with Crippen LogP contribution < -0.4 is 4.74 Å². The van der Waals surface area contributed by atoms with Gasteiger partial charge in [-0.15, -0.1) is 0 Å². The smallest absolute Gasteiger partial charge is 0.159 e. The number of fused-ring (bicyclic) bond motifs is 1. The predicted molar refractivity (Wildman–Crippen MR) is 121 cm³/mol. The van der Waals surface area contributed by atoms with E-state index in [-0.39, 0.29) is 0 Å². The number of ether oxygens (including phenoxy) is 1. The molecule has 0 atom stereocenters. The minimum atomic E-state index is 0.736. The first-order chi connectivity index (χ1) is 13.8. The molecule has 3 nitrogen and oxygen atoms in total. The molecule has 4 heteroatoms. The summed E-state index contributed by atoms with van der Waals surface area (Å²) < 4.78 is 6.84. The van der Waals surface area contributed by atoms with Crippen molar-refractivity contribution in [3.8, 4) is 17.1 Å². The number of benzene rings is 2. The normalized spacial score (nSPS) is 11.1. The van der Waals surface area contributed by atoms with Gasteiger partial charge in [-0.05, 0) is 51.3 Å². The van der Waals surface area contributed by atoms with Crippen molar-refractivity contribution >= 4 is 26.7 Å². The highest BCUT2D eigenvalue weighted by molar-refractivity contribution is 9.10. The number of unbranched alkanes of at least 4 members (excludes halogenated alkanes) is 7. The fourth-order valence-corrected chi connectivity index (χ4v) is 3.54. The Morgan fingerprint density at radius 1 is 0.786 bits per heavy atom. The Morgan fingerprint density at radius 3 is 2.18 bits per heavy atom. The van der Waals surface area contributed by atoms with Crippen molar-refractivity contribution in [1.29, 1.82) is 0 Å². The van der Waals surface area contributed by atoms with E-state index in [1.54, 1.807) is 12.4 Å². The molecule has 0 aliphatic heterocycles. The van der Waals surface area contributed by atoms with Crippen LogP contribution in [0.4, 0.5) is 0 Å². The van der Waals surface area contributed by atoms with Crippen LogP contribution in [-0.2, 0) is 0 Å². The summed E-state index contributed by atoms with van der Waals surface area (Å²) in [4.78, 5) is 8.75. The first-order valence-electron chi connectivity index (χ1n) is 10.4. The molecule has 0 spiro atoms. The van der Waals surface area contributed by atoms with Crippen LogP contribution in [0.3, 0.4) is 0 Å². The zero-order valence-electron chi connectivity index (χ0n) is 16.7. The first kappa shape index (κ1) is 20.8. The maximum absolute atomic E-state index is 5.96. The van der Waals surface area contributed by atoms with Gasteiger partial charge in [0.05, 0.1) is 11.1 Å². The van der Waals surface area contributed by atoms with Crippen molar-refractivity contribution in [3.05, 3.63) is 53.3 Å². The lowest BCUT2D eigenvalue weighted by Gasteiger charge is -2.08. The van der Waals surface area contributed by atoms with Crippen molar-refractivity contribution in [3.63, 3.8) is 0 Å². The molecule has 3 aromatic rings. The fraction of sp³-hybridized carbons (Fsp3) is 0.417. The Morgan fingerprint density at radius 2 is 1.43 bits per heavy atom. The van der Waals surface area contributed by atoms with E-state index in [1.165, 1.54) is 55.7 Å². The summed E-state index contributed by atoms with van der Waals surface area (Å²) in [6, 6.07) is 12.6. The number of halogens is 1. The van der Waals surface area contributed by atoms with Gasteiger partial charge < -0.3 is 4.74 Å². The molecule has 0 unspecified atom stereocenters. The quantitative estimate of drug-likeness (QED) is 0.288. The molecule has 0 amide bonds. The Balaban J connectivity index is 1.48. The van der Waals surface area contributed by atoms with Crippen LogP contribution in [-0.4, -0.2) is 16.6 Å². The molecule has 2 aromatic carbocycles. The van der Waals surface area contributed by atoms with E-state index in [2.05, 4.69) is 69.2 Å². The Kier molecular flexibility index (Phi) is 8.28. The van der Waals surface area contributed by atoms with E-state index in [9.17, 15) is 0 Å². The summed E-state index contributed by atoms with van der Waals surface area (Å²) in [5.74, 6) is 1.68. The first-order valence-corrected chi connectivity index (χ1v) is 11.2. The van der Waals surface area contributed by atoms with Gasteiger partial charge >= 0.3 is 0 Å². The van der Waals surface area contributed by atoms with Crippen molar-refractivity contribution < 1.29 is 4.74 Å². The van der Waals surface area contributed by atoms with Crippen molar-refractivity contribution in [1.82, 2.24) is 9.97 Å². The lowest BCUT2D eigenvalue weighted by molar-refractivity contribution is 0.304. The summed E-state index contributed by atoms with van der Waals surface area (Å²) in [5.41, 5.74) is 1.02. The van der Waals surface area contributed by atoms with E-state index >= 15 is 0 Å². The Bertz CT molecular complexity index is 864. The topological polar surface area (TPSA) is 35.0 Å². The highest BCUT2D eigenvalue weighted by Gasteiger charge is 2.04. The lowest BCUT2D eigenvalue weighted by atomic mass is 10.1. The van der Waals surface area contributed by atoms with E-state index in [1.807, 2.05) is 0 Å². The summed E-state index contributed by atoms with van der Waals surface area (Å²) in [6.07, 6.45) is 14.1. The van der Waals surface area contributed by atoms with E-state index < -0.39 is 0 Å². The van der Waals surface area contributed by atoms with Gasteiger partial charge in [-0.1, -0.05) is 70.1 Å². The lowest BCUT2D eigenvalue weighted by Crippen LogP contribution is -1.97. The van der Waals surface area contributed by atoms with Gasteiger partial charge in [0, 0.05) is 18.0 Å². The minimum absolute atomic E-state index is 0.736. The van der Waals surface area contributed by atoms with E-state index in [4.69, 9.17) is 4.74 Å². The number of aromatic nitrogens is 2. The highest BCUT2D eigenvalue weighted by Crippen LogP contribution is 2.26. The fourth-order valence-electron chi connectivity index (χ4n) is 3.34. The van der Waals surface area contributed by atoms with Crippen molar-refractivity contribution in [2.75, 3.05) is 6.61 Å². The van der Waals surface area contributed by atoms with Crippen molar-refractivity contribution in [2.24, 2.45) is 0 Å². The molecule has 0 aliphatic carbocycles. The molecule has 0 radical (unpaired) electrons. The molecule has 0 saturated heterocycles. The molecule has 3 rings (SSSR count). The van der Waals surface area contributed by atoms with Crippen LogP contribution in [0.5, 0.6) is 5.75 Å². The van der Waals surface area contributed by atoms with Gasteiger partial charge in [0.15, 0.2) is 5.82 Å². The second kappa shape index (κ2) is 11.2. The number of hydrogen-bond donors (Lipinski definition) is 0. The third-order valence-corrected chi connectivity index (χ3v) is 5.37. The Hall–Kier alpha value is -1.94. The molecule has 28 heavy (non-hydrogen) atoms. The van der Waals surface area contributed by atoms with Crippen LogP contribution >= 0.6 is 15.9 Å².